The predicted octanol–water partition coefficient (Wildman–Crippen LogP) is 2.95. The maximum atomic E-state index is 5.98. The maximum absolute atomic E-state index is 5.98. The molecule has 0 fully saturated rings. The van der Waals surface area contributed by atoms with Crippen LogP contribution in [0.2, 0.25) is 5.02 Å². The van der Waals surface area contributed by atoms with E-state index < -0.39 is 0 Å². The Kier molecular flexibility index (Phi) is 4.19. The van der Waals surface area contributed by atoms with E-state index in [1.807, 2.05) is 24.3 Å². The summed E-state index contributed by atoms with van der Waals surface area (Å²) in [6.45, 7) is 0. The first-order chi connectivity index (χ1) is 6.20. The first-order valence-electron chi connectivity index (χ1n) is 4.22. The normalized spacial score (nSPS) is 9.92. The molecule has 1 nitrogen and oxygen atoms in total. The Morgan fingerprint density at radius 3 is 2.69 bits per heavy atom. The van der Waals surface area contributed by atoms with E-state index in [0.29, 0.717) is 4.99 Å². The summed E-state index contributed by atoms with van der Waals surface area (Å²) in [6, 6.07) is 7.85. The SMILES string of the molecule is NC(=S)CCCc1ccccc1Cl. The fraction of sp³-hybridized carbons (Fsp3) is 0.300. The Balaban J connectivity index is 2.45. The van der Waals surface area contributed by atoms with Gasteiger partial charge >= 0.3 is 0 Å². The van der Waals surface area contributed by atoms with Gasteiger partial charge in [0.25, 0.3) is 0 Å². The predicted molar refractivity (Wildman–Crippen MR) is 61.2 cm³/mol. The molecule has 2 N–H and O–H groups in total. The zero-order chi connectivity index (χ0) is 9.68. The lowest BCUT2D eigenvalue weighted by atomic mass is 10.1. The highest BCUT2D eigenvalue weighted by molar-refractivity contribution is 7.80. The molecule has 0 heterocycles. The van der Waals surface area contributed by atoms with Gasteiger partial charge in [-0.25, -0.2) is 0 Å². The van der Waals surface area contributed by atoms with E-state index in [4.69, 9.17) is 29.6 Å². The lowest BCUT2D eigenvalue weighted by Gasteiger charge is -2.02. The zero-order valence-electron chi connectivity index (χ0n) is 7.29. The summed E-state index contributed by atoms with van der Waals surface area (Å²) in [7, 11) is 0. The topological polar surface area (TPSA) is 26.0 Å². The fourth-order valence-corrected chi connectivity index (χ4v) is 1.53. The molecule has 0 saturated carbocycles. The highest BCUT2D eigenvalue weighted by atomic mass is 35.5. The number of halogens is 1. The first-order valence-corrected chi connectivity index (χ1v) is 5.00. The molecule has 1 rings (SSSR count). The zero-order valence-corrected chi connectivity index (χ0v) is 8.87. The number of hydrogen-bond donors (Lipinski definition) is 1. The minimum absolute atomic E-state index is 0.576. The van der Waals surface area contributed by atoms with Crippen molar-refractivity contribution in [3.63, 3.8) is 0 Å². The Morgan fingerprint density at radius 2 is 2.08 bits per heavy atom. The Bertz CT molecular complexity index is 299. The standard InChI is InChI=1S/C10H12ClNS/c11-9-6-2-1-4-8(9)5-3-7-10(12)13/h1-2,4,6H,3,5,7H2,(H2,12,13). The van der Waals surface area contributed by atoms with Crippen molar-refractivity contribution in [2.24, 2.45) is 5.73 Å². The van der Waals surface area contributed by atoms with Gasteiger partial charge in [-0.1, -0.05) is 42.0 Å². The molecule has 0 aliphatic rings. The second-order valence-corrected chi connectivity index (χ2v) is 3.84. The van der Waals surface area contributed by atoms with Gasteiger partial charge in [0.15, 0.2) is 0 Å². The highest BCUT2D eigenvalue weighted by Crippen LogP contribution is 2.16. The van der Waals surface area contributed by atoms with Crippen LogP contribution in [0.4, 0.5) is 0 Å². The minimum atomic E-state index is 0.576. The van der Waals surface area contributed by atoms with E-state index in [9.17, 15) is 0 Å². The summed E-state index contributed by atoms with van der Waals surface area (Å²) in [5, 5.41) is 0.824. The maximum Gasteiger partial charge on any atom is 0.0727 e. The molecule has 0 saturated heterocycles. The molecule has 0 unspecified atom stereocenters. The van der Waals surface area contributed by atoms with Crippen LogP contribution in [-0.2, 0) is 6.42 Å². The van der Waals surface area contributed by atoms with Crippen LogP contribution in [0.5, 0.6) is 0 Å². The number of thiocarbonyl (C=S) groups is 1. The highest BCUT2D eigenvalue weighted by Gasteiger charge is 1.98. The van der Waals surface area contributed by atoms with Crippen LogP contribution < -0.4 is 5.73 Å². The van der Waals surface area contributed by atoms with Gasteiger partial charge < -0.3 is 5.73 Å². The van der Waals surface area contributed by atoms with Gasteiger partial charge in [-0.2, -0.15) is 0 Å². The van der Waals surface area contributed by atoms with Crippen LogP contribution in [0, 0.1) is 0 Å². The molecule has 0 aromatic heterocycles. The molecule has 0 amide bonds. The minimum Gasteiger partial charge on any atom is -0.393 e. The largest absolute Gasteiger partial charge is 0.393 e. The molecule has 1 aromatic rings. The Labute approximate surface area is 88.9 Å². The van der Waals surface area contributed by atoms with Gasteiger partial charge in [-0.05, 0) is 30.9 Å². The first kappa shape index (κ1) is 10.5. The lowest BCUT2D eigenvalue weighted by molar-refractivity contribution is 0.868. The van der Waals surface area contributed by atoms with E-state index >= 15 is 0 Å². The van der Waals surface area contributed by atoms with Crippen molar-refractivity contribution in [3.05, 3.63) is 34.9 Å². The molecule has 0 aliphatic heterocycles. The van der Waals surface area contributed by atoms with Crippen LogP contribution >= 0.6 is 23.8 Å². The Hall–Kier alpha value is -0.600. The monoisotopic (exact) mass is 213 g/mol. The third-order valence-corrected chi connectivity index (χ3v) is 2.40. The molecule has 1 aromatic carbocycles. The van der Waals surface area contributed by atoms with Gasteiger partial charge in [-0.15, -0.1) is 0 Å². The van der Waals surface area contributed by atoms with Gasteiger partial charge in [0.1, 0.15) is 0 Å². The summed E-state index contributed by atoms with van der Waals surface area (Å²) in [4.78, 5) is 0.576. The molecule has 0 aliphatic carbocycles. The average Bonchev–Trinajstić information content (AvgIpc) is 2.08. The second-order valence-electron chi connectivity index (χ2n) is 2.91. The van der Waals surface area contributed by atoms with E-state index in [1.165, 1.54) is 5.56 Å². The summed E-state index contributed by atoms with van der Waals surface area (Å²) in [6.07, 6.45) is 2.70. The van der Waals surface area contributed by atoms with Gasteiger partial charge in [0, 0.05) is 5.02 Å². The summed E-state index contributed by atoms with van der Waals surface area (Å²) < 4.78 is 0. The third kappa shape index (κ3) is 3.75. The van der Waals surface area contributed by atoms with Crippen LogP contribution in [0.25, 0.3) is 0 Å². The molecular weight excluding hydrogens is 202 g/mol. The summed E-state index contributed by atoms with van der Waals surface area (Å²) in [5.41, 5.74) is 6.56. The van der Waals surface area contributed by atoms with Crippen LogP contribution in [-0.4, -0.2) is 4.99 Å². The third-order valence-electron chi connectivity index (χ3n) is 1.83. The van der Waals surface area contributed by atoms with Gasteiger partial charge in [-0.3, -0.25) is 0 Å². The lowest BCUT2D eigenvalue weighted by Crippen LogP contribution is -2.07. The van der Waals surface area contributed by atoms with Crippen molar-refractivity contribution >= 4 is 28.8 Å². The number of rotatable bonds is 4. The van der Waals surface area contributed by atoms with E-state index in [2.05, 4.69) is 0 Å². The molecule has 0 radical (unpaired) electrons. The van der Waals surface area contributed by atoms with Crippen molar-refractivity contribution in [1.29, 1.82) is 0 Å². The Morgan fingerprint density at radius 1 is 1.38 bits per heavy atom. The number of hydrogen-bond acceptors (Lipinski definition) is 1. The molecule has 0 spiro atoms. The summed E-state index contributed by atoms with van der Waals surface area (Å²) in [5.74, 6) is 0. The van der Waals surface area contributed by atoms with Crippen molar-refractivity contribution in [2.75, 3.05) is 0 Å². The molecular formula is C10H12ClNS. The van der Waals surface area contributed by atoms with E-state index in [0.717, 1.165) is 24.3 Å². The quantitative estimate of drug-likeness (QED) is 0.779. The molecule has 13 heavy (non-hydrogen) atoms. The van der Waals surface area contributed by atoms with Crippen LogP contribution in [0.15, 0.2) is 24.3 Å². The van der Waals surface area contributed by atoms with Crippen LogP contribution in [0.1, 0.15) is 18.4 Å². The van der Waals surface area contributed by atoms with E-state index in [1.54, 1.807) is 0 Å². The van der Waals surface area contributed by atoms with Gasteiger partial charge in [0.2, 0.25) is 0 Å². The molecule has 0 bridgehead atoms. The number of nitrogens with two attached hydrogens (primary N) is 1. The van der Waals surface area contributed by atoms with E-state index in [-0.39, 0.29) is 0 Å². The average molecular weight is 214 g/mol. The number of aryl methyl sites for hydroxylation is 1. The van der Waals surface area contributed by atoms with Crippen molar-refractivity contribution in [2.45, 2.75) is 19.3 Å². The summed E-state index contributed by atoms with van der Waals surface area (Å²) >= 11 is 10.8. The molecule has 3 heteroatoms. The van der Waals surface area contributed by atoms with Crippen molar-refractivity contribution in [1.82, 2.24) is 0 Å². The van der Waals surface area contributed by atoms with Gasteiger partial charge in [0.05, 0.1) is 4.99 Å². The van der Waals surface area contributed by atoms with Crippen molar-refractivity contribution < 1.29 is 0 Å². The van der Waals surface area contributed by atoms with Crippen LogP contribution in [0.3, 0.4) is 0 Å². The fourth-order valence-electron chi connectivity index (χ4n) is 1.15. The smallest absolute Gasteiger partial charge is 0.0727 e. The molecule has 0 atom stereocenters. The number of benzene rings is 1. The second kappa shape index (κ2) is 5.20. The molecule has 70 valence electrons. The van der Waals surface area contributed by atoms with Crippen molar-refractivity contribution in [3.8, 4) is 0 Å².